The highest BCUT2D eigenvalue weighted by molar-refractivity contribution is 7.26. The van der Waals surface area contributed by atoms with Gasteiger partial charge in [0.1, 0.15) is 17.0 Å². The predicted molar refractivity (Wildman–Crippen MR) is 121 cm³/mol. The summed E-state index contributed by atoms with van der Waals surface area (Å²) in [7, 11) is 0. The fourth-order valence-corrected chi connectivity index (χ4v) is 5.14. The topological polar surface area (TPSA) is 80.2 Å². The van der Waals surface area contributed by atoms with Crippen molar-refractivity contribution in [2.75, 3.05) is 11.9 Å². The average molecular weight is 421 g/mol. The highest BCUT2D eigenvalue weighted by Crippen LogP contribution is 2.43. The summed E-state index contributed by atoms with van der Waals surface area (Å²) in [5.41, 5.74) is 5.15. The van der Waals surface area contributed by atoms with Crippen LogP contribution in [-0.2, 0) is 17.8 Å². The van der Waals surface area contributed by atoms with Crippen molar-refractivity contribution in [1.82, 2.24) is 15.0 Å². The van der Waals surface area contributed by atoms with Gasteiger partial charge in [-0.3, -0.25) is 0 Å². The number of nitrogens with one attached hydrogen (secondary N) is 1. The molecular formula is C23H24N4O2S. The van der Waals surface area contributed by atoms with E-state index in [1.165, 1.54) is 5.56 Å². The minimum Gasteiger partial charge on any atom is -0.392 e. The van der Waals surface area contributed by atoms with E-state index in [-0.39, 0.29) is 5.60 Å². The largest absolute Gasteiger partial charge is 0.392 e. The fourth-order valence-electron chi connectivity index (χ4n) is 4.01. The predicted octanol–water partition coefficient (Wildman–Crippen LogP) is 4.55. The molecule has 154 valence electrons. The molecule has 0 saturated heterocycles. The first-order chi connectivity index (χ1) is 14.4. The summed E-state index contributed by atoms with van der Waals surface area (Å²) in [6.45, 7) is 6.97. The lowest BCUT2D eigenvalue weighted by atomic mass is 9.88. The normalized spacial score (nSPS) is 16.5. The summed E-state index contributed by atoms with van der Waals surface area (Å²) in [5.74, 6) is 0.741. The van der Waals surface area contributed by atoms with Crippen LogP contribution in [-0.4, -0.2) is 38.3 Å². The molecule has 4 aromatic rings. The van der Waals surface area contributed by atoms with Crippen LogP contribution in [0.15, 0.2) is 36.7 Å². The van der Waals surface area contributed by atoms with Crippen LogP contribution in [0.3, 0.4) is 0 Å². The molecule has 6 nitrogen and oxygen atoms in total. The highest BCUT2D eigenvalue weighted by Gasteiger charge is 2.32. The Labute approximate surface area is 179 Å². The standard InChI is InChI=1S/C23H24N4O2S/c1-13(28)10-24-21-20-19(25-12-26-21)17-15-9-23(2,3)29-11-16(15)18(27-22(17)30-20)14-7-5-4-6-8-14/h4-8,12-13,28H,9-11H2,1-3H3,(H,24,25,26). The quantitative estimate of drug-likeness (QED) is 0.504. The molecule has 0 aliphatic carbocycles. The number of aromatic nitrogens is 3. The molecule has 1 aliphatic rings. The first-order valence-electron chi connectivity index (χ1n) is 10.1. The van der Waals surface area contributed by atoms with Crippen LogP contribution in [0.2, 0.25) is 0 Å². The molecule has 0 fully saturated rings. The zero-order valence-electron chi connectivity index (χ0n) is 17.3. The summed E-state index contributed by atoms with van der Waals surface area (Å²) < 4.78 is 7.14. The van der Waals surface area contributed by atoms with Crippen molar-refractivity contribution in [3.05, 3.63) is 47.8 Å². The van der Waals surface area contributed by atoms with Crippen LogP contribution in [0.25, 0.3) is 31.7 Å². The van der Waals surface area contributed by atoms with E-state index in [9.17, 15) is 5.11 Å². The summed E-state index contributed by atoms with van der Waals surface area (Å²) in [4.78, 5) is 15.1. The molecule has 0 saturated carbocycles. The zero-order valence-corrected chi connectivity index (χ0v) is 18.1. The second kappa shape index (κ2) is 7.27. The number of nitrogens with zero attached hydrogens (tertiary/aromatic N) is 3. The molecule has 5 rings (SSSR count). The van der Waals surface area contributed by atoms with Gasteiger partial charge in [-0.2, -0.15) is 0 Å². The Hall–Kier alpha value is -2.61. The first-order valence-corrected chi connectivity index (χ1v) is 10.9. The molecule has 30 heavy (non-hydrogen) atoms. The second-order valence-electron chi connectivity index (χ2n) is 8.42. The van der Waals surface area contributed by atoms with Gasteiger partial charge in [-0.05, 0) is 26.3 Å². The SMILES string of the molecule is CC(O)CNc1ncnc2c1sc1nc(-c3ccccc3)c3c(c12)CC(C)(C)OC3. The first kappa shape index (κ1) is 19.4. The van der Waals surface area contributed by atoms with Crippen molar-refractivity contribution < 1.29 is 9.84 Å². The van der Waals surface area contributed by atoms with Crippen LogP contribution < -0.4 is 5.32 Å². The van der Waals surface area contributed by atoms with E-state index in [1.807, 2.05) is 18.2 Å². The van der Waals surface area contributed by atoms with E-state index in [2.05, 4.69) is 41.3 Å². The number of anilines is 1. The number of hydrogen-bond acceptors (Lipinski definition) is 7. The Morgan fingerprint density at radius 3 is 2.77 bits per heavy atom. The third-order valence-electron chi connectivity index (χ3n) is 5.44. The molecule has 1 unspecified atom stereocenters. The van der Waals surface area contributed by atoms with Gasteiger partial charge in [0.05, 0.1) is 34.2 Å². The molecule has 0 spiro atoms. The van der Waals surface area contributed by atoms with Crippen molar-refractivity contribution in [1.29, 1.82) is 0 Å². The van der Waals surface area contributed by atoms with Gasteiger partial charge in [0, 0.05) is 29.5 Å². The average Bonchev–Trinajstić information content (AvgIpc) is 3.11. The number of ether oxygens (including phenoxy) is 1. The molecule has 1 aliphatic heterocycles. The Morgan fingerprint density at radius 2 is 2.00 bits per heavy atom. The van der Waals surface area contributed by atoms with Crippen LogP contribution in [0.4, 0.5) is 5.82 Å². The van der Waals surface area contributed by atoms with E-state index in [0.29, 0.717) is 13.2 Å². The van der Waals surface area contributed by atoms with Crippen LogP contribution in [0.1, 0.15) is 31.9 Å². The number of hydrogen-bond donors (Lipinski definition) is 2. The molecule has 2 N–H and O–H groups in total. The Bertz CT molecular complexity index is 1230. The zero-order chi connectivity index (χ0) is 20.9. The maximum absolute atomic E-state index is 9.67. The third-order valence-corrected chi connectivity index (χ3v) is 6.52. The lowest BCUT2D eigenvalue weighted by Crippen LogP contribution is -2.32. The summed E-state index contributed by atoms with van der Waals surface area (Å²) in [6.07, 6.45) is 1.92. The molecule has 1 aromatic carbocycles. The fraction of sp³-hybridized carbons (Fsp3) is 0.348. The van der Waals surface area contributed by atoms with Gasteiger partial charge in [0.2, 0.25) is 0 Å². The molecule has 1 atom stereocenters. The molecule has 0 bridgehead atoms. The lowest BCUT2D eigenvalue weighted by molar-refractivity contribution is -0.0394. The Balaban J connectivity index is 1.79. The van der Waals surface area contributed by atoms with Gasteiger partial charge in [-0.15, -0.1) is 11.3 Å². The van der Waals surface area contributed by atoms with Crippen LogP contribution in [0, 0.1) is 0 Å². The van der Waals surface area contributed by atoms with Gasteiger partial charge in [0.15, 0.2) is 0 Å². The maximum atomic E-state index is 9.67. The van der Waals surface area contributed by atoms with E-state index in [1.54, 1.807) is 24.6 Å². The number of rotatable bonds is 4. The van der Waals surface area contributed by atoms with Gasteiger partial charge >= 0.3 is 0 Å². The van der Waals surface area contributed by atoms with Crippen molar-refractivity contribution in [3.8, 4) is 11.3 Å². The minimum absolute atomic E-state index is 0.246. The molecular weight excluding hydrogens is 396 g/mol. The van der Waals surface area contributed by atoms with Gasteiger partial charge in [0.25, 0.3) is 0 Å². The van der Waals surface area contributed by atoms with Gasteiger partial charge < -0.3 is 15.2 Å². The monoisotopic (exact) mass is 420 g/mol. The van der Waals surface area contributed by atoms with E-state index in [4.69, 9.17) is 9.72 Å². The molecule has 0 amide bonds. The lowest BCUT2D eigenvalue weighted by Gasteiger charge is -2.33. The van der Waals surface area contributed by atoms with E-state index >= 15 is 0 Å². The number of pyridine rings is 1. The maximum Gasteiger partial charge on any atom is 0.147 e. The number of aliphatic hydroxyl groups is 1. The van der Waals surface area contributed by atoms with Crippen LogP contribution >= 0.6 is 11.3 Å². The Kier molecular flexibility index (Phi) is 4.69. The molecule has 0 radical (unpaired) electrons. The minimum atomic E-state index is -0.460. The van der Waals surface area contributed by atoms with Gasteiger partial charge in [-0.25, -0.2) is 15.0 Å². The third kappa shape index (κ3) is 3.33. The number of thiophene rings is 1. The number of benzene rings is 1. The smallest absolute Gasteiger partial charge is 0.147 e. The van der Waals surface area contributed by atoms with Gasteiger partial charge in [-0.1, -0.05) is 30.3 Å². The summed E-state index contributed by atoms with van der Waals surface area (Å²) >= 11 is 1.60. The number of aliphatic hydroxyl groups excluding tert-OH is 1. The van der Waals surface area contributed by atoms with Crippen molar-refractivity contribution in [3.63, 3.8) is 0 Å². The number of fused-ring (bicyclic) bond motifs is 5. The highest BCUT2D eigenvalue weighted by atomic mass is 32.1. The van der Waals surface area contributed by atoms with Crippen molar-refractivity contribution in [2.45, 2.75) is 45.5 Å². The molecule has 3 aromatic heterocycles. The molecule has 4 heterocycles. The Morgan fingerprint density at radius 1 is 1.20 bits per heavy atom. The molecule has 7 heteroatoms. The van der Waals surface area contributed by atoms with Crippen LogP contribution in [0.5, 0.6) is 0 Å². The summed E-state index contributed by atoms with van der Waals surface area (Å²) in [6, 6.07) is 10.3. The second-order valence-corrected chi connectivity index (χ2v) is 9.42. The van der Waals surface area contributed by atoms with Crippen molar-refractivity contribution >= 4 is 37.6 Å². The summed E-state index contributed by atoms with van der Waals surface area (Å²) in [5, 5.41) is 14.0. The van der Waals surface area contributed by atoms with E-state index in [0.717, 1.165) is 49.5 Å². The van der Waals surface area contributed by atoms with Crippen molar-refractivity contribution in [2.24, 2.45) is 0 Å². The van der Waals surface area contributed by atoms with E-state index < -0.39 is 6.10 Å².